The highest BCUT2D eigenvalue weighted by Crippen LogP contribution is 2.42. The molecule has 0 bridgehead atoms. The average Bonchev–Trinajstić information content (AvgIpc) is 3.14. The molecule has 2 fully saturated rings. The van der Waals surface area contributed by atoms with Crippen LogP contribution in [0.25, 0.3) is 0 Å². The first-order valence-electron chi connectivity index (χ1n) is 15.4. The van der Waals surface area contributed by atoms with Gasteiger partial charge in [0.25, 0.3) is 5.91 Å². The van der Waals surface area contributed by atoms with Crippen molar-refractivity contribution in [2.75, 3.05) is 10.6 Å². The number of nitrogens with zero attached hydrogens (tertiary/aromatic N) is 2. The molecule has 0 unspecified atom stereocenters. The number of hydrogen-bond donors (Lipinski definition) is 4. The lowest BCUT2D eigenvalue weighted by Gasteiger charge is -2.38. The molecule has 7 amide bonds. The summed E-state index contributed by atoms with van der Waals surface area (Å²) in [4.78, 5) is 68.5. The lowest BCUT2D eigenvalue weighted by molar-refractivity contribution is -0.141. The van der Waals surface area contributed by atoms with Crippen LogP contribution < -0.4 is 21.7 Å². The number of aryl methyl sites for hydroxylation is 1. The predicted molar refractivity (Wildman–Crippen MR) is 169 cm³/mol. The van der Waals surface area contributed by atoms with Crippen LogP contribution in [0.1, 0.15) is 76.8 Å². The van der Waals surface area contributed by atoms with Crippen LogP contribution in [0, 0.1) is 12.8 Å². The molecule has 2 atom stereocenters. The quantitative estimate of drug-likeness (QED) is 0.269. The van der Waals surface area contributed by atoms with Gasteiger partial charge in [0.15, 0.2) is 0 Å². The number of carbonyl (C=O) groups excluding carboxylic acids is 5. The van der Waals surface area contributed by atoms with Gasteiger partial charge >= 0.3 is 12.1 Å². The Morgan fingerprint density at radius 3 is 2.20 bits per heavy atom. The van der Waals surface area contributed by atoms with Gasteiger partial charge in [0.1, 0.15) is 11.6 Å². The fourth-order valence-electron chi connectivity index (χ4n) is 6.20. The Morgan fingerprint density at radius 2 is 1.59 bits per heavy atom. The molecule has 1 spiro atoms. The summed E-state index contributed by atoms with van der Waals surface area (Å²) >= 11 is 0. The van der Waals surface area contributed by atoms with E-state index < -0.39 is 35.5 Å². The van der Waals surface area contributed by atoms with E-state index in [1.54, 1.807) is 24.0 Å². The smallest absolute Gasteiger partial charge is 0.328 e. The molecular weight excluding hydrogens is 560 g/mol. The molecule has 1 saturated carbocycles. The zero-order chi connectivity index (χ0) is 32.0. The number of nitrogens with two attached hydrogens (primary N) is 1. The van der Waals surface area contributed by atoms with Gasteiger partial charge in [0.2, 0.25) is 11.8 Å². The maximum Gasteiger partial charge on any atom is 0.328 e. The Kier molecular flexibility index (Phi) is 10.3. The number of carbonyl (C=O) groups is 5. The summed E-state index contributed by atoms with van der Waals surface area (Å²) in [5.41, 5.74) is 7.32. The number of amides is 7. The van der Waals surface area contributed by atoms with Gasteiger partial charge in [-0.1, -0.05) is 63.4 Å². The summed E-state index contributed by atoms with van der Waals surface area (Å²) in [5.74, 6) is -1.33. The molecule has 1 aliphatic heterocycles. The maximum absolute atomic E-state index is 14.2. The Morgan fingerprint density at radius 1 is 0.932 bits per heavy atom. The molecule has 236 valence electrons. The van der Waals surface area contributed by atoms with E-state index >= 15 is 0 Å². The zero-order valence-electron chi connectivity index (χ0n) is 26.0. The van der Waals surface area contributed by atoms with E-state index in [0.717, 1.165) is 35.3 Å². The Hall–Kier alpha value is -4.41. The van der Waals surface area contributed by atoms with E-state index in [0.29, 0.717) is 30.6 Å². The summed E-state index contributed by atoms with van der Waals surface area (Å²) in [5, 5.41) is 8.45. The van der Waals surface area contributed by atoms with Crippen LogP contribution in [0.3, 0.4) is 0 Å². The van der Waals surface area contributed by atoms with Gasteiger partial charge in [-0.25, -0.2) is 14.5 Å². The SMILES string of the molecule is Cc1ccccc1NC(=O)Nc1ccc(CN2C(=O)N([C@@H](CC(C)C)C(=O)N[C@H](C)CC(N)=O)C(=O)C23CCCCC3)cc1. The van der Waals surface area contributed by atoms with Gasteiger partial charge in [0.05, 0.1) is 0 Å². The van der Waals surface area contributed by atoms with Crippen LogP contribution in [0.5, 0.6) is 0 Å². The second-order valence-electron chi connectivity index (χ2n) is 12.5. The minimum absolute atomic E-state index is 0.0252. The number of urea groups is 2. The van der Waals surface area contributed by atoms with Crippen molar-refractivity contribution in [3.05, 3.63) is 59.7 Å². The van der Waals surface area contributed by atoms with Crippen molar-refractivity contribution >= 4 is 41.2 Å². The highest BCUT2D eigenvalue weighted by atomic mass is 16.2. The molecule has 44 heavy (non-hydrogen) atoms. The van der Waals surface area contributed by atoms with Gasteiger partial charge in [-0.3, -0.25) is 14.4 Å². The van der Waals surface area contributed by atoms with Gasteiger partial charge in [-0.2, -0.15) is 0 Å². The molecule has 1 saturated heterocycles. The molecule has 2 aliphatic rings. The fraction of sp³-hybridized carbons (Fsp3) is 0.485. The second kappa shape index (κ2) is 13.9. The van der Waals surface area contributed by atoms with E-state index in [1.165, 1.54) is 0 Å². The first kappa shape index (κ1) is 32.5. The standard InChI is InChI=1S/C33H44N6O5/c1-21(2)18-27(29(41)35-23(4)19-28(34)40)39-30(42)33(16-8-5-9-17-33)38(32(39)44)20-24-12-14-25(15-13-24)36-31(43)37-26-11-7-6-10-22(26)3/h6-7,10-15,21,23,27H,5,8-9,16-20H2,1-4H3,(H2,34,40)(H,35,41)(H2,36,37,43)/t23-,27+/m1/s1. The number of hydrogen-bond acceptors (Lipinski definition) is 5. The van der Waals surface area contributed by atoms with Crippen LogP contribution in [0.4, 0.5) is 21.0 Å². The van der Waals surface area contributed by atoms with Gasteiger partial charge in [-0.15, -0.1) is 0 Å². The highest BCUT2D eigenvalue weighted by Gasteiger charge is 2.59. The van der Waals surface area contributed by atoms with Crippen LogP contribution in [-0.4, -0.2) is 57.2 Å². The van der Waals surface area contributed by atoms with Crippen molar-refractivity contribution in [2.24, 2.45) is 11.7 Å². The highest BCUT2D eigenvalue weighted by molar-refractivity contribution is 6.10. The molecule has 1 aliphatic carbocycles. The molecule has 2 aromatic carbocycles. The third-order valence-electron chi connectivity index (χ3n) is 8.40. The third kappa shape index (κ3) is 7.38. The lowest BCUT2D eigenvalue weighted by Crippen LogP contribution is -2.54. The summed E-state index contributed by atoms with van der Waals surface area (Å²) in [6.07, 6.45) is 3.89. The van der Waals surface area contributed by atoms with Crippen molar-refractivity contribution in [1.29, 1.82) is 0 Å². The Labute approximate surface area is 258 Å². The van der Waals surface area contributed by atoms with Crippen molar-refractivity contribution in [3.63, 3.8) is 0 Å². The molecular formula is C33H44N6O5. The molecule has 0 radical (unpaired) electrons. The Bertz CT molecular complexity index is 1390. The molecule has 11 nitrogen and oxygen atoms in total. The average molecular weight is 605 g/mol. The van der Waals surface area contributed by atoms with Gasteiger partial charge in [-0.05, 0) is 68.4 Å². The number of nitrogens with one attached hydrogen (secondary N) is 3. The van der Waals surface area contributed by atoms with Crippen LogP contribution in [0.2, 0.25) is 0 Å². The first-order chi connectivity index (χ1) is 20.9. The van der Waals surface area contributed by atoms with Crippen LogP contribution in [-0.2, 0) is 20.9 Å². The molecule has 1 heterocycles. The second-order valence-corrected chi connectivity index (χ2v) is 12.5. The summed E-state index contributed by atoms with van der Waals surface area (Å²) < 4.78 is 0. The van der Waals surface area contributed by atoms with E-state index in [-0.39, 0.29) is 30.8 Å². The van der Waals surface area contributed by atoms with E-state index in [2.05, 4.69) is 16.0 Å². The molecule has 11 heteroatoms. The van der Waals surface area contributed by atoms with Crippen molar-refractivity contribution < 1.29 is 24.0 Å². The van der Waals surface area contributed by atoms with E-state index in [1.807, 2.05) is 57.2 Å². The topological polar surface area (TPSA) is 154 Å². The molecule has 2 aromatic rings. The number of rotatable bonds is 11. The number of anilines is 2. The van der Waals surface area contributed by atoms with E-state index in [4.69, 9.17) is 5.73 Å². The summed E-state index contributed by atoms with van der Waals surface area (Å²) in [6, 6.07) is 12.3. The zero-order valence-corrected chi connectivity index (χ0v) is 26.0. The normalized spacial score (nSPS) is 17.5. The number of imide groups is 1. The minimum atomic E-state index is -1.02. The minimum Gasteiger partial charge on any atom is -0.370 e. The number of benzene rings is 2. The van der Waals surface area contributed by atoms with Crippen molar-refractivity contribution in [1.82, 2.24) is 15.1 Å². The molecule has 0 aromatic heterocycles. The molecule has 5 N–H and O–H groups in total. The predicted octanol–water partition coefficient (Wildman–Crippen LogP) is 4.90. The van der Waals surface area contributed by atoms with Crippen LogP contribution >= 0.6 is 0 Å². The number of primary amides is 1. The summed E-state index contributed by atoms with van der Waals surface area (Å²) in [6.45, 7) is 7.64. The van der Waals surface area contributed by atoms with E-state index in [9.17, 15) is 24.0 Å². The largest absolute Gasteiger partial charge is 0.370 e. The fourth-order valence-corrected chi connectivity index (χ4v) is 6.20. The van der Waals surface area contributed by atoms with Crippen molar-refractivity contribution in [3.8, 4) is 0 Å². The Balaban J connectivity index is 1.54. The monoisotopic (exact) mass is 604 g/mol. The van der Waals surface area contributed by atoms with Gasteiger partial charge in [0, 0.05) is 30.4 Å². The summed E-state index contributed by atoms with van der Waals surface area (Å²) in [7, 11) is 0. The van der Waals surface area contributed by atoms with Crippen molar-refractivity contribution in [2.45, 2.75) is 96.8 Å². The lowest BCUT2D eigenvalue weighted by atomic mass is 9.80. The first-order valence-corrected chi connectivity index (χ1v) is 15.4. The molecule has 4 rings (SSSR count). The van der Waals surface area contributed by atoms with Gasteiger partial charge < -0.3 is 26.6 Å². The number of para-hydroxylation sites is 1. The third-order valence-corrected chi connectivity index (χ3v) is 8.40. The maximum atomic E-state index is 14.2. The van der Waals surface area contributed by atoms with Crippen LogP contribution in [0.15, 0.2) is 48.5 Å².